The van der Waals surface area contributed by atoms with Gasteiger partial charge in [-0.05, 0) is 43.4 Å². The van der Waals surface area contributed by atoms with Crippen LogP contribution >= 0.6 is 0 Å². The maximum absolute atomic E-state index is 11.9. The molecule has 1 amide bonds. The van der Waals surface area contributed by atoms with Gasteiger partial charge in [0.05, 0.1) is 12.8 Å². The van der Waals surface area contributed by atoms with E-state index in [1.165, 1.54) is 31.2 Å². The predicted molar refractivity (Wildman–Crippen MR) is 76.0 cm³/mol. The Morgan fingerprint density at radius 1 is 1.11 bits per heavy atom. The lowest BCUT2D eigenvalue weighted by Crippen LogP contribution is -2.36. The summed E-state index contributed by atoms with van der Waals surface area (Å²) in [5, 5.41) is 0. The Labute approximate surface area is 113 Å². The smallest absolute Gasteiger partial charge is 0.414 e. The van der Waals surface area contributed by atoms with Crippen LogP contribution in [0.5, 0.6) is 0 Å². The molecule has 2 heterocycles. The largest absolute Gasteiger partial charge is 0.452 e. The van der Waals surface area contributed by atoms with Crippen molar-refractivity contribution < 1.29 is 9.53 Å². The minimum Gasteiger partial charge on any atom is -0.452 e. The third-order valence-corrected chi connectivity index (χ3v) is 4.07. The molecule has 0 aromatic heterocycles. The van der Waals surface area contributed by atoms with Gasteiger partial charge >= 0.3 is 6.09 Å². The van der Waals surface area contributed by atoms with E-state index < -0.39 is 0 Å². The number of amides is 1. The van der Waals surface area contributed by atoms with E-state index in [-0.39, 0.29) is 6.09 Å². The van der Waals surface area contributed by atoms with E-state index in [4.69, 9.17) is 4.74 Å². The summed E-state index contributed by atoms with van der Waals surface area (Å²) in [5.41, 5.74) is 3.65. The van der Waals surface area contributed by atoms with Crippen molar-refractivity contribution in [2.75, 3.05) is 36.5 Å². The Balaban J connectivity index is 1.99. The van der Waals surface area contributed by atoms with Gasteiger partial charge in [0.25, 0.3) is 0 Å². The molecule has 4 heteroatoms. The highest BCUT2D eigenvalue weighted by Gasteiger charge is 2.26. The van der Waals surface area contributed by atoms with E-state index in [9.17, 15) is 4.79 Å². The molecule has 0 atom stereocenters. The highest BCUT2D eigenvalue weighted by atomic mass is 16.5. The normalized spacial score (nSPS) is 18.4. The number of carbonyl (C=O) groups excluding carboxylic acids is 1. The van der Waals surface area contributed by atoms with Crippen LogP contribution in [0.15, 0.2) is 18.2 Å². The lowest BCUT2D eigenvalue weighted by Gasteiger charge is -2.32. The Kier molecular flexibility index (Phi) is 3.32. The first-order chi connectivity index (χ1) is 9.31. The van der Waals surface area contributed by atoms with Crippen LogP contribution in [-0.4, -0.2) is 32.8 Å². The summed E-state index contributed by atoms with van der Waals surface area (Å²) in [6, 6.07) is 6.27. The summed E-state index contributed by atoms with van der Waals surface area (Å²) in [7, 11) is 1.45. The molecule has 2 aliphatic heterocycles. The average molecular weight is 260 g/mol. The fourth-order valence-corrected chi connectivity index (χ4v) is 3.16. The van der Waals surface area contributed by atoms with Crippen LogP contribution in [0.2, 0.25) is 0 Å². The summed E-state index contributed by atoms with van der Waals surface area (Å²) in [5.74, 6) is 0. The maximum atomic E-state index is 11.9. The van der Waals surface area contributed by atoms with Crippen molar-refractivity contribution in [3.63, 3.8) is 0 Å². The van der Waals surface area contributed by atoms with E-state index in [0.717, 1.165) is 38.2 Å². The van der Waals surface area contributed by atoms with Gasteiger partial charge in [-0.1, -0.05) is 6.07 Å². The molecule has 0 bridgehead atoms. The molecule has 19 heavy (non-hydrogen) atoms. The van der Waals surface area contributed by atoms with Gasteiger partial charge in [0, 0.05) is 25.3 Å². The van der Waals surface area contributed by atoms with Crippen molar-refractivity contribution in [3.05, 3.63) is 23.8 Å². The van der Waals surface area contributed by atoms with E-state index >= 15 is 0 Å². The molecule has 0 aliphatic carbocycles. The van der Waals surface area contributed by atoms with Crippen LogP contribution in [0, 0.1) is 0 Å². The Bertz CT molecular complexity index is 481. The van der Waals surface area contributed by atoms with Crippen molar-refractivity contribution in [3.8, 4) is 0 Å². The van der Waals surface area contributed by atoms with E-state index in [1.54, 1.807) is 4.90 Å². The summed E-state index contributed by atoms with van der Waals surface area (Å²) in [4.78, 5) is 16.1. The third-order valence-electron chi connectivity index (χ3n) is 4.07. The molecule has 3 rings (SSSR count). The molecule has 0 radical (unpaired) electrons. The molecule has 0 unspecified atom stereocenters. The lowest BCUT2D eigenvalue weighted by molar-refractivity contribution is 0.178. The number of nitrogens with zero attached hydrogens (tertiary/aromatic N) is 2. The SMILES string of the molecule is COC(=O)N1CCCc2c(N3CCCC3)cccc21. The quantitative estimate of drug-likeness (QED) is 0.778. The molecule has 0 spiro atoms. The topological polar surface area (TPSA) is 32.8 Å². The zero-order chi connectivity index (χ0) is 13.2. The van der Waals surface area contributed by atoms with Crippen LogP contribution in [0.4, 0.5) is 16.2 Å². The van der Waals surface area contributed by atoms with Gasteiger partial charge < -0.3 is 9.64 Å². The molecule has 102 valence electrons. The standard InChI is InChI=1S/C15H20N2O2/c1-19-15(18)17-11-5-6-12-13(7-4-8-14(12)17)16-9-2-3-10-16/h4,7-8H,2-3,5-6,9-11H2,1H3. The minimum atomic E-state index is -0.250. The van der Waals surface area contributed by atoms with E-state index in [0.29, 0.717) is 0 Å². The minimum absolute atomic E-state index is 0.250. The number of anilines is 2. The molecule has 4 nitrogen and oxygen atoms in total. The molecule has 0 saturated carbocycles. The van der Waals surface area contributed by atoms with Crippen LogP contribution in [0.25, 0.3) is 0 Å². The number of fused-ring (bicyclic) bond motifs is 1. The molecule has 1 aromatic rings. The Morgan fingerprint density at radius 3 is 2.58 bits per heavy atom. The summed E-state index contributed by atoms with van der Waals surface area (Å²) in [6.07, 6.45) is 4.34. The number of benzene rings is 1. The number of methoxy groups -OCH3 is 1. The summed E-state index contributed by atoms with van der Waals surface area (Å²) >= 11 is 0. The number of carbonyl (C=O) groups is 1. The van der Waals surface area contributed by atoms with Gasteiger partial charge in [0.1, 0.15) is 0 Å². The zero-order valence-electron chi connectivity index (χ0n) is 11.4. The first kappa shape index (κ1) is 12.3. The highest BCUT2D eigenvalue weighted by molar-refractivity contribution is 5.90. The van der Waals surface area contributed by atoms with Gasteiger partial charge in [0.15, 0.2) is 0 Å². The Morgan fingerprint density at radius 2 is 1.84 bits per heavy atom. The van der Waals surface area contributed by atoms with Crippen LogP contribution in [0.3, 0.4) is 0 Å². The van der Waals surface area contributed by atoms with Crippen molar-refractivity contribution in [1.82, 2.24) is 0 Å². The van der Waals surface area contributed by atoms with Crippen molar-refractivity contribution in [2.24, 2.45) is 0 Å². The monoisotopic (exact) mass is 260 g/mol. The summed E-state index contributed by atoms with van der Waals surface area (Å²) in [6.45, 7) is 3.02. The fraction of sp³-hybridized carbons (Fsp3) is 0.533. The third kappa shape index (κ3) is 2.15. The van der Waals surface area contributed by atoms with Crippen molar-refractivity contribution in [2.45, 2.75) is 25.7 Å². The second-order valence-electron chi connectivity index (χ2n) is 5.19. The van der Waals surface area contributed by atoms with Gasteiger partial charge in [-0.2, -0.15) is 0 Å². The number of rotatable bonds is 1. The van der Waals surface area contributed by atoms with Crippen LogP contribution in [-0.2, 0) is 11.2 Å². The van der Waals surface area contributed by atoms with Crippen molar-refractivity contribution in [1.29, 1.82) is 0 Å². The predicted octanol–water partition coefficient (Wildman–Crippen LogP) is 2.81. The summed E-state index contributed by atoms with van der Waals surface area (Å²) < 4.78 is 4.89. The molecule has 2 aliphatic rings. The first-order valence-corrected chi connectivity index (χ1v) is 7.03. The second kappa shape index (κ2) is 5.11. The average Bonchev–Trinajstić information content (AvgIpc) is 2.99. The van der Waals surface area contributed by atoms with Gasteiger partial charge in [-0.25, -0.2) is 4.79 Å². The van der Waals surface area contributed by atoms with E-state index in [2.05, 4.69) is 11.0 Å². The number of hydrogen-bond donors (Lipinski definition) is 0. The van der Waals surface area contributed by atoms with Crippen molar-refractivity contribution >= 4 is 17.5 Å². The van der Waals surface area contributed by atoms with Crippen LogP contribution < -0.4 is 9.80 Å². The first-order valence-electron chi connectivity index (χ1n) is 7.03. The van der Waals surface area contributed by atoms with Gasteiger partial charge in [0.2, 0.25) is 0 Å². The molecular weight excluding hydrogens is 240 g/mol. The van der Waals surface area contributed by atoms with E-state index in [1.807, 2.05) is 12.1 Å². The number of hydrogen-bond acceptors (Lipinski definition) is 3. The van der Waals surface area contributed by atoms with Gasteiger partial charge in [-0.15, -0.1) is 0 Å². The van der Waals surface area contributed by atoms with Crippen LogP contribution in [0.1, 0.15) is 24.8 Å². The molecule has 1 fully saturated rings. The zero-order valence-corrected chi connectivity index (χ0v) is 11.4. The Hall–Kier alpha value is -1.71. The molecule has 1 aromatic carbocycles. The highest BCUT2D eigenvalue weighted by Crippen LogP contribution is 2.36. The number of ether oxygens (including phenoxy) is 1. The lowest BCUT2D eigenvalue weighted by atomic mass is 9.99. The second-order valence-corrected chi connectivity index (χ2v) is 5.19. The molecular formula is C15H20N2O2. The fourth-order valence-electron chi connectivity index (χ4n) is 3.16. The molecule has 0 N–H and O–H groups in total. The van der Waals surface area contributed by atoms with Gasteiger partial charge in [-0.3, -0.25) is 4.90 Å². The molecule has 1 saturated heterocycles. The maximum Gasteiger partial charge on any atom is 0.414 e.